The number of hydrogen-bond donors (Lipinski definition) is 0. The molecular formula is C15H14O3S. The molecule has 2 rings (SSSR count). The molecule has 0 saturated heterocycles. The van der Waals surface area contributed by atoms with Crippen LogP contribution in [0.3, 0.4) is 0 Å². The summed E-state index contributed by atoms with van der Waals surface area (Å²) in [7, 11) is 3.03. The molecule has 1 heterocycles. The van der Waals surface area contributed by atoms with Crippen LogP contribution in [0, 0.1) is 0 Å². The zero-order valence-electron chi connectivity index (χ0n) is 10.8. The average molecular weight is 274 g/mol. The lowest BCUT2D eigenvalue weighted by Crippen LogP contribution is -1.99. The van der Waals surface area contributed by atoms with Crippen molar-refractivity contribution in [3.8, 4) is 5.75 Å². The Kier molecular flexibility index (Phi) is 4.36. The van der Waals surface area contributed by atoms with Crippen molar-refractivity contribution in [1.29, 1.82) is 0 Å². The SMILES string of the molecule is COC(=O)c1sccc1/C=C/c1ccc(OC)cc1. The molecule has 0 aliphatic carbocycles. The lowest BCUT2D eigenvalue weighted by molar-refractivity contribution is 0.0606. The molecule has 0 amide bonds. The van der Waals surface area contributed by atoms with E-state index in [1.165, 1.54) is 18.4 Å². The molecule has 0 aliphatic heterocycles. The molecule has 0 unspecified atom stereocenters. The Morgan fingerprint density at radius 1 is 1.11 bits per heavy atom. The van der Waals surface area contributed by atoms with Gasteiger partial charge in [0.2, 0.25) is 0 Å². The highest BCUT2D eigenvalue weighted by Crippen LogP contribution is 2.21. The summed E-state index contributed by atoms with van der Waals surface area (Å²) in [6.07, 6.45) is 3.86. The molecule has 0 atom stereocenters. The number of benzene rings is 1. The monoisotopic (exact) mass is 274 g/mol. The predicted octanol–water partition coefficient (Wildman–Crippen LogP) is 3.71. The van der Waals surface area contributed by atoms with Crippen LogP contribution in [-0.2, 0) is 4.74 Å². The fraction of sp³-hybridized carbons (Fsp3) is 0.133. The Balaban J connectivity index is 2.18. The Hall–Kier alpha value is -2.07. The number of methoxy groups -OCH3 is 2. The van der Waals surface area contributed by atoms with Gasteiger partial charge in [-0.25, -0.2) is 4.79 Å². The van der Waals surface area contributed by atoms with E-state index in [-0.39, 0.29) is 5.97 Å². The molecule has 0 saturated carbocycles. The fourth-order valence-electron chi connectivity index (χ4n) is 1.61. The molecule has 3 nitrogen and oxygen atoms in total. The van der Waals surface area contributed by atoms with Crippen LogP contribution in [0.1, 0.15) is 20.8 Å². The van der Waals surface area contributed by atoms with Gasteiger partial charge < -0.3 is 9.47 Å². The van der Waals surface area contributed by atoms with Gasteiger partial charge in [-0.2, -0.15) is 0 Å². The third kappa shape index (κ3) is 3.23. The van der Waals surface area contributed by atoms with Crippen LogP contribution < -0.4 is 4.74 Å². The van der Waals surface area contributed by atoms with Crippen LogP contribution in [0.25, 0.3) is 12.2 Å². The van der Waals surface area contributed by atoms with Crippen molar-refractivity contribution in [1.82, 2.24) is 0 Å². The van der Waals surface area contributed by atoms with Gasteiger partial charge in [-0.3, -0.25) is 0 Å². The Bertz CT molecular complexity index is 582. The maximum absolute atomic E-state index is 11.5. The van der Waals surface area contributed by atoms with E-state index < -0.39 is 0 Å². The van der Waals surface area contributed by atoms with Crippen molar-refractivity contribution in [3.05, 3.63) is 51.7 Å². The van der Waals surface area contributed by atoms with E-state index in [0.29, 0.717) is 4.88 Å². The number of carbonyl (C=O) groups is 1. The molecule has 19 heavy (non-hydrogen) atoms. The number of esters is 1. The maximum Gasteiger partial charge on any atom is 0.348 e. The van der Waals surface area contributed by atoms with Gasteiger partial charge in [-0.05, 0) is 34.7 Å². The van der Waals surface area contributed by atoms with Crippen molar-refractivity contribution in [3.63, 3.8) is 0 Å². The van der Waals surface area contributed by atoms with Gasteiger partial charge in [0.25, 0.3) is 0 Å². The quantitative estimate of drug-likeness (QED) is 0.797. The summed E-state index contributed by atoms with van der Waals surface area (Å²) >= 11 is 1.38. The zero-order chi connectivity index (χ0) is 13.7. The van der Waals surface area contributed by atoms with Crippen LogP contribution in [0.5, 0.6) is 5.75 Å². The van der Waals surface area contributed by atoms with Crippen molar-refractivity contribution >= 4 is 29.5 Å². The van der Waals surface area contributed by atoms with Gasteiger partial charge in [0.1, 0.15) is 10.6 Å². The summed E-state index contributed by atoms with van der Waals surface area (Å²) in [4.78, 5) is 12.1. The van der Waals surface area contributed by atoms with E-state index in [2.05, 4.69) is 0 Å². The first kappa shape index (κ1) is 13.4. The highest BCUT2D eigenvalue weighted by atomic mass is 32.1. The number of ether oxygens (including phenoxy) is 2. The first-order valence-electron chi connectivity index (χ1n) is 5.72. The molecule has 0 bridgehead atoms. The van der Waals surface area contributed by atoms with E-state index in [1.807, 2.05) is 47.9 Å². The zero-order valence-corrected chi connectivity index (χ0v) is 11.6. The Morgan fingerprint density at radius 2 is 1.84 bits per heavy atom. The number of carbonyl (C=O) groups excluding carboxylic acids is 1. The second kappa shape index (κ2) is 6.20. The first-order chi connectivity index (χ1) is 9.24. The minimum Gasteiger partial charge on any atom is -0.497 e. The van der Waals surface area contributed by atoms with E-state index in [9.17, 15) is 4.79 Å². The normalized spacial score (nSPS) is 10.6. The lowest BCUT2D eigenvalue weighted by atomic mass is 10.1. The van der Waals surface area contributed by atoms with Crippen LogP contribution in [0.2, 0.25) is 0 Å². The predicted molar refractivity (Wildman–Crippen MR) is 77.6 cm³/mol. The van der Waals surface area contributed by atoms with E-state index in [0.717, 1.165) is 16.9 Å². The minimum atomic E-state index is -0.301. The van der Waals surface area contributed by atoms with Crippen molar-refractivity contribution in [2.45, 2.75) is 0 Å². The van der Waals surface area contributed by atoms with Gasteiger partial charge in [0.05, 0.1) is 14.2 Å². The lowest BCUT2D eigenvalue weighted by Gasteiger charge is -1.99. The van der Waals surface area contributed by atoms with Crippen LogP contribution in [0.4, 0.5) is 0 Å². The van der Waals surface area contributed by atoms with Gasteiger partial charge in [0, 0.05) is 0 Å². The number of rotatable bonds is 4. The summed E-state index contributed by atoms with van der Waals surface area (Å²) in [5, 5.41) is 1.87. The van der Waals surface area contributed by atoms with Crippen LogP contribution in [0.15, 0.2) is 35.7 Å². The smallest absolute Gasteiger partial charge is 0.348 e. The summed E-state index contributed by atoms with van der Waals surface area (Å²) < 4.78 is 9.84. The van der Waals surface area contributed by atoms with Gasteiger partial charge >= 0.3 is 5.97 Å². The van der Waals surface area contributed by atoms with Crippen molar-refractivity contribution < 1.29 is 14.3 Å². The third-order valence-electron chi connectivity index (χ3n) is 2.64. The molecule has 0 N–H and O–H groups in total. The molecule has 0 radical (unpaired) electrons. The van der Waals surface area contributed by atoms with E-state index in [1.54, 1.807) is 7.11 Å². The molecule has 1 aromatic heterocycles. The Labute approximate surface area is 116 Å². The number of thiophene rings is 1. The fourth-order valence-corrected chi connectivity index (χ4v) is 2.41. The summed E-state index contributed by atoms with van der Waals surface area (Å²) in [5.74, 6) is 0.521. The molecule has 98 valence electrons. The maximum atomic E-state index is 11.5. The second-order valence-corrected chi connectivity index (χ2v) is 4.72. The molecule has 2 aromatic rings. The highest BCUT2D eigenvalue weighted by molar-refractivity contribution is 7.12. The molecular weight excluding hydrogens is 260 g/mol. The molecule has 0 aliphatic rings. The second-order valence-electron chi connectivity index (χ2n) is 3.80. The average Bonchev–Trinajstić information content (AvgIpc) is 2.93. The molecule has 4 heteroatoms. The van der Waals surface area contributed by atoms with Crippen LogP contribution >= 0.6 is 11.3 Å². The summed E-state index contributed by atoms with van der Waals surface area (Å²) in [6.45, 7) is 0. The minimum absolute atomic E-state index is 0.301. The molecule has 0 spiro atoms. The third-order valence-corrected chi connectivity index (χ3v) is 3.55. The summed E-state index contributed by atoms with van der Waals surface area (Å²) in [5.41, 5.74) is 1.91. The largest absolute Gasteiger partial charge is 0.497 e. The van der Waals surface area contributed by atoms with Crippen LogP contribution in [-0.4, -0.2) is 20.2 Å². The van der Waals surface area contributed by atoms with Gasteiger partial charge in [-0.15, -0.1) is 11.3 Å². The molecule has 0 fully saturated rings. The van der Waals surface area contributed by atoms with E-state index >= 15 is 0 Å². The summed E-state index contributed by atoms with van der Waals surface area (Å²) in [6, 6.07) is 9.61. The topological polar surface area (TPSA) is 35.5 Å². The molecule has 1 aromatic carbocycles. The number of hydrogen-bond acceptors (Lipinski definition) is 4. The van der Waals surface area contributed by atoms with E-state index in [4.69, 9.17) is 9.47 Å². The highest BCUT2D eigenvalue weighted by Gasteiger charge is 2.10. The Morgan fingerprint density at radius 3 is 2.47 bits per heavy atom. The standard InChI is InChI=1S/C15H14O3S/c1-17-13-7-4-11(5-8-13)3-6-12-9-10-19-14(12)15(16)18-2/h3-10H,1-2H3/b6-3+. The van der Waals surface area contributed by atoms with Gasteiger partial charge in [0.15, 0.2) is 0 Å². The van der Waals surface area contributed by atoms with Crippen molar-refractivity contribution in [2.75, 3.05) is 14.2 Å². The first-order valence-corrected chi connectivity index (χ1v) is 6.60. The van der Waals surface area contributed by atoms with Crippen molar-refractivity contribution in [2.24, 2.45) is 0 Å². The van der Waals surface area contributed by atoms with Gasteiger partial charge in [-0.1, -0.05) is 24.3 Å².